The number of rotatable bonds is 9. The molecule has 6 nitrogen and oxygen atoms in total. The van der Waals surface area contributed by atoms with E-state index >= 15 is 0 Å². The second-order valence-electron chi connectivity index (χ2n) is 7.82. The fraction of sp³-hybridized carbons (Fsp3) is 0.480. The second kappa shape index (κ2) is 12.3. The Morgan fingerprint density at radius 2 is 1.84 bits per heavy atom. The SMILES string of the molecule is CCNC(=NCc1cccc(COC2CCOCC2)c1)N(C)Cc1ccc(OC)cc1. The molecule has 6 heteroatoms. The number of ether oxygens (including phenoxy) is 3. The lowest BCUT2D eigenvalue weighted by molar-refractivity contribution is -0.0390. The average Bonchev–Trinajstić information content (AvgIpc) is 2.82. The van der Waals surface area contributed by atoms with Crippen molar-refractivity contribution in [2.45, 2.75) is 45.6 Å². The van der Waals surface area contributed by atoms with Crippen molar-refractivity contribution in [2.75, 3.05) is 33.9 Å². The Balaban J connectivity index is 1.58. The molecule has 1 fully saturated rings. The zero-order valence-corrected chi connectivity index (χ0v) is 19.0. The summed E-state index contributed by atoms with van der Waals surface area (Å²) in [6, 6.07) is 16.7. The molecule has 3 rings (SSSR count). The van der Waals surface area contributed by atoms with Crippen molar-refractivity contribution in [2.24, 2.45) is 4.99 Å². The molecule has 1 heterocycles. The van der Waals surface area contributed by atoms with Gasteiger partial charge in [-0.2, -0.15) is 0 Å². The highest BCUT2D eigenvalue weighted by Crippen LogP contribution is 2.15. The van der Waals surface area contributed by atoms with E-state index in [2.05, 4.69) is 60.6 Å². The van der Waals surface area contributed by atoms with Gasteiger partial charge >= 0.3 is 0 Å². The number of benzene rings is 2. The summed E-state index contributed by atoms with van der Waals surface area (Å²) in [5, 5.41) is 3.39. The largest absolute Gasteiger partial charge is 0.497 e. The van der Waals surface area contributed by atoms with Gasteiger partial charge in [-0.1, -0.05) is 36.4 Å². The number of nitrogens with one attached hydrogen (secondary N) is 1. The lowest BCUT2D eigenvalue weighted by Crippen LogP contribution is -2.38. The number of methoxy groups -OCH3 is 1. The van der Waals surface area contributed by atoms with Gasteiger partial charge in [0.25, 0.3) is 0 Å². The van der Waals surface area contributed by atoms with Crippen LogP contribution in [-0.4, -0.2) is 50.9 Å². The Morgan fingerprint density at radius 1 is 1.10 bits per heavy atom. The highest BCUT2D eigenvalue weighted by Gasteiger charge is 2.14. The van der Waals surface area contributed by atoms with Crippen molar-refractivity contribution < 1.29 is 14.2 Å². The lowest BCUT2D eigenvalue weighted by atomic mass is 10.1. The molecule has 168 valence electrons. The Morgan fingerprint density at radius 3 is 2.55 bits per heavy atom. The molecule has 1 N–H and O–H groups in total. The van der Waals surface area contributed by atoms with Crippen molar-refractivity contribution in [3.05, 3.63) is 65.2 Å². The minimum atomic E-state index is 0.308. The fourth-order valence-electron chi connectivity index (χ4n) is 3.59. The standard InChI is InChI=1S/C25H35N3O3/c1-4-26-25(28(2)18-20-8-10-23(29-3)11-9-20)27-17-21-6-5-7-22(16-21)19-31-24-12-14-30-15-13-24/h5-11,16,24H,4,12-15,17-19H2,1-3H3,(H,26,27). The van der Waals surface area contributed by atoms with Crippen molar-refractivity contribution in [1.29, 1.82) is 0 Å². The molecule has 1 saturated heterocycles. The van der Waals surface area contributed by atoms with Crippen molar-refractivity contribution >= 4 is 5.96 Å². The Bertz CT molecular complexity index is 817. The second-order valence-corrected chi connectivity index (χ2v) is 7.82. The molecule has 0 aliphatic carbocycles. The first kappa shape index (κ1) is 23.1. The van der Waals surface area contributed by atoms with Crippen LogP contribution in [0.2, 0.25) is 0 Å². The highest BCUT2D eigenvalue weighted by atomic mass is 16.5. The molecular weight excluding hydrogens is 390 g/mol. The number of aliphatic imine (C=N–C) groups is 1. The van der Waals surface area contributed by atoms with E-state index in [9.17, 15) is 0 Å². The molecule has 0 bridgehead atoms. The van der Waals surface area contributed by atoms with E-state index in [4.69, 9.17) is 19.2 Å². The normalized spacial score (nSPS) is 15.0. The van der Waals surface area contributed by atoms with Crippen LogP contribution in [0.25, 0.3) is 0 Å². The predicted octanol–water partition coefficient (Wildman–Crippen LogP) is 3.99. The van der Waals surface area contributed by atoms with Crippen LogP contribution in [0.4, 0.5) is 0 Å². The zero-order valence-electron chi connectivity index (χ0n) is 19.0. The summed E-state index contributed by atoms with van der Waals surface area (Å²) < 4.78 is 16.7. The van der Waals surface area contributed by atoms with Gasteiger partial charge in [-0.15, -0.1) is 0 Å². The Hall–Kier alpha value is -2.57. The van der Waals surface area contributed by atoms with Gasteiger partial charge in [0.2, 0.25) is 0 Å². The summed E-state index contributed by atoms with van der Waals surface area (Å²) in [6.07, 6.45) is 2.27. The van der Waals surface area contributed by atoms with Crippen LogP contribution in [0.1, 0.15) is 36.5 Å². The van der Waals surface area contributed by atoms with Gasteiger partial charge in [0.1, 0.15) is 5.75 Å². The minimum absolute atomic E-state index is 0.308. The van der Waals surface area contributed by atoms with Crippen molar-refractivity contribution in [1.82, 2.24) is 10.2 Å². The van der Waals surface area contributed by atoms with E-state index in [-0.39, 0.29) is 0 Å². The Kier molecular flexibility index (Phi) is 9.18. The van der Waals surface area contributed by atoms with Crippen LogP contribution in [0.5, 0.6) is 5.75 Å². The van der Waals surface area contributed by atoms with E-state index < -0.39 is 0 Å². The van der Waals surface area contributed by atoms with Crippen LogP contribution in [0.3, 0.4) is 0 Å². The fourth-order valence-corrected chi connectivity index (χ4v) is 3.59. The first-order valence-corrected chi connectivity index (χ1v) is 11.1. The maximum atomic E-state index is 6.06. The third-order valence-electron chi connectivity index (χ3n) is 5.33. The first-order valence-electron chi connectivity index (χ1n) is 11.1. The van der Waals surface area contributed by atoms with E-state index in [1.165, 1.54) is 16.7 Å². The van der Waals surface area contributed by atoms with Crippen molar-refractivity contribution in [3.63, 3.8) is 0 Å². The molecule has 0 unspecified atom stereocenters. The minimum Gasteiger partial charge on any atom is -0.497 e. The van der Waals surface area contributed by atoms with Crippen LogP contribution < -0.4 is 10.1 Å². The number of guanidine groups is 1. The highest BCUT2D eigenvalue weighted by molar-refractivity contribution is 5.79. The van der Waals surface area contributed by atoms with Gasteiger partial charge in [0, 0.05) is 33.4 Å². The number of nitrogens with zero attached hydrogens (tertiary/aromatic N) is 2. The summed E-state index contributed by atoms with van der Waals surface area (Å²) >= 11 is 0. The molecule has 0 amide bonds. The maximum absolute atomic E-state index is 6.06. The molecule has 0 radical (unpaired) electrons. The molecule has 1 aliphatic rings. The molecule has 0 saturated carbocycles. The molecule has 2 aromatic rings. The monoisotopic (exact) mass is 425 g/mol. The predicted molar refractivity (Wildman–Crippen MR) is 124 cm³/mol. The third kappa shape index (κ3) is 7.56. The van der Waals surface area contributed by atoms with E-state index in [0.717, 1.165) is 50.9 Å². The molecule has 0 aromatic heterocycles. The zero-order chi connectivity index (χ0) is 21.9. The van der Waals surface area contributed by atoms with E-state index in [1.54, 1.807) is 7.11 Å². The number of hydrogen-bond donors (Lipinski definition) is 1. The summed E-state index contributed by atoms with van der Waals surface area (Å²) in [6.45, 7) is 6.55. The van der Waals surface area contributed by atoms with Gasteiger partial charge < -0.3 is 24.4 Å². The van der Waals surface area contributed by atoms with Crippen LogP contribution >= 0.6 is 0 Å². The molecular formula is C25H35N3O3. The quantitative estimate of drug-likeness (QED) is 0.486. The molecule has 2 aromatic carbocycles. The van der Waals surface area contributed by atoms with Crippen LogP contribution in [0.15, 0.2) is 53.5 Å². The lowest BCUT2D eigenvalue weighted by Gasteiger charge is -2.23. The summed E-state index contributed by atoms with van der Waals surface area (Å²) in [7, 11) is 3.74. The van der Waals surface area contributed by atoms with Gasteiger partial charge in [-0.25, -0.2) is 4.99 Å². The summed E-state index contributed by atoms with van der Waals surface area (Å²) in [5.74, 6) is 1.76. The maximum Gasteiger partial charge on any atom is 0.194 e. The molecule has 0 spiro atoms. The molecule has 31 heavy (non-hydrogen) atoms. The van der Waals surface area contributed by atoms with Gasteiger partial charge in [0.05, 0.1) is 26.4 Å². The van der Waals surface area contributed by atoms with Gasteiger partial charge in [-0.3, -0.25) is 0 Å². The smallest absolute Gasteiger partial charge is 0.194 e. The summed E-state index contributed by atoms with van der Waals surface area (Å²) in [4.78, 5) is 7.00. The summed E-state index contributed by atoms with van der Waals surface area (Å²) in [5.41, 5.74) is 3.58. The van der Waals surface area contributed by atoms with Gasteiger partial charge in [0.15, 0.2) is 5.96 Å². The Labute approximate surface area is 186 Å². The molecule has 1 aliphatic heterocycles. The van der Waals surface area contributed by atoms with E-state index in [0.29, 0.717) is 19.3 Å². The van der Waals surface area contributed by atoms with Gasteiger partial charge in [-0.05, 0) is 48.6 Å². The van der Waals surface area contributed by atoms with E-state index in [1.807, 2.05) is 12.1 Å². The van der Waals surface area contributed by atoms with Crippen molar-refractivity contribution in [3.8, 4) is 5.75 Å². The topological polar surface area (TPSA) is 55.3 Å². The van der Waals surface area contributed by atoms with Crippen LogP contribution in [-0.2, 0) is 29.2 Å². The van der Waals surface area contributed by atoms with Crippen LogP contribution in [0, 0.1) is 0 Å². The number of hydrogen-bond acceptors (Lipinski definition) is 4. The third-order valence-corrected chi connectivity index (χ3v) is 5.33. The first-order chi connectivity index (χ1) is 15.2. The molecule has 0 atom stereocenters. The average molecular weight is 426 g/mol.